The molecule has 2 rings (SSSR count). The van der Waals surface area contributed by atoms with Gasteiger partial charge in [-0.2, -0.15) is 0 Å². The lowest BCUT2D eigenvalue weighted by Gasteiger charge is -2.28. The molecule has 0 saturated heterocycles. The largest absolute Gasteiger partial charge is 0.465 e. The van der Waals surface area contributed by atoms with Crippen molar-refractivity contribution in [2.24, 2.45) is 0 Å². The van der Waals surface area contributed by atoms with Crippen LogP contribution in [0.5, 0.6) is 11.5 Å². The number of benzene rings is 2. The van der Waals surface area contributed by atoms with Gasteiger partial charge in [-0.25, -0.2) is 19.2 Å². The van der Waals surface area contributed by atoms with Crippen molar-refractivity contribution >= 4 is 46.1 Å². The van der Waals surface area contributed by atoms with Gasteiger partial charge in [0.15, 0.2) is 0 Å². The molecule has 0 unspecified atom stereocenters. The van der Waals surface area contributed by atoms with E-state index in [1.54, 1.807) is 0 Å². The first-order chi connectivity index (χ1) is 18.3. The maximum Gasteiger partial charge on any atom is 0.373 e. The number of methoxy groups -OCH3 is 2. The molecule has 2 aromatic carbocycles. The number of rotatable bonds is 12. The molecule has 0 spiro atoms. The Balaban J connectivity index is 1.70. The number of hydrogen-bond acceptors (Lipinski definition) is 11. The highest BCUT2D eigenvalue weighted by Gasteiger charge is 2.27. The Hall–Kier alpha value is -3.02. The Bertz CT molecular complexity index is 1130. The van der Waals surface area contributed by atoms with Gasteiger partial charge in [0.1, 0.15) is 11.5 Å². The summed E-state index contributed by atoms with van der Waals surface area (Å²) in [5.41, 5.74) is 0.249. The van der Waals surface area contributed by atoms with Crippen LogP contribution in [-0.2, 0) is 14.2 Å². The molecule has 0 heterocycles. The topological polar surface area (TPSA) is 114 Å². The summed E-state index contributed by atoms with van der Waals surface area (Å²) in [5, 5.41) is -0.910. The Labute approximate surface area is 237 Å². The predicted molar refractivity (Wildman–Crippen MR) is 151 cm³/mol. The van der Waals surface area contributed by atoms with Crippen molar-refractivity contribution in [1.29, 1.82) is 0 Å². The molecular formula is C28H34O9S2. The summed E-state index contributed by atoms with van der Waals surface area (Å²) in [6.45, 7) is 8.15. The fraction of sp³-hybridized carbons (Fsp3) is 0.429. The molecule has 0 aliphatic heterocycles. The minimum absolute atomic E-state index is 0.336. The van der Waals surface area contributed by atoms with Gasteiger partial charge < -0.3 is 23.7 Å². The lowest BCUT2D eigenvalue weighted by atomic mass is 10.1. The van der Waals surface area contributed by atoms with E-state index in [9.17, 15) is 19.2 Å². The van der Waals surface area contributed by atoms with E-state index in [2.05, 4.69) is 9.47 Å². The molecule has 0 aromatic heterocycles. The zero-order valence-electron chi connectivity index (χ0n) is 22.9. The highest BCUT2D eigenvalue weighted by atomic mass is 32.2. The van der Waals surface area contributed by atoms with Gasteiger partial charge >= 0.3 is 22.5 Å². The summed E-state index contributed by atoms with van der Waals surface area (Å²) in [5.74, 6) is 0.240. The van der Waals surface area contributed by atoms with Crippen LogP contribution in [0.4, 0.5) is 9.59 Å². The van der Waals surface area contributed by atoms with E-state index >= 15 is 0 Å². The molecule has 212 valence electrons. The molecule has 9 nitrogen and oxygen atoms in total. The second kappa shape index (κ2) is 14.9. The van der Waals surface area contributed by atoms with Crippen LogP contribution in [0.3, 0.4) is 0 Å². The number of carbonyl (C=O) groups excluding carboxylic acids is 4. The Morgan fingerprint density at radius 1 is 0.692 bits per heavy atom. The van der Waals surface area contributed by atoms with Crippen molar-refractivity contribution in [1.82, 2.24) is 0 Å². The maximum absolute atomic E-state index is 12.4. The third-order valence-electron chi connectivity index (χ3n) is 5.43. The molecule has 39 heavy (non-hydrogen) atoms. The van der Waals surface area contributed by atoms with Gasteiger partial charge in [-0.1, -0.05) is 13.8 Å². The van der Waals surface area contributed by atoms with E-state index in [0.717, 1.165) is 23.5 Å². The first-order valence-electron chi connectivity index (χ1n) is 12.1. The van der Waals surface area contributed by atoms with E-state index in [0.29, 0.717) is 47.8 Å². The average molecular weight is 579 g/mol. The summed E-state index contributed by atoms with van der Waals surface area (Å²) < 4.78 is 25.6. The highest BCUT2D eigenvalue weighted by Crippen LogP contribution is 2.31. The quantitative estimate of drug-likeness (QED) is 0.248. The first-order valence-corrected chi connectivity index (χ1v) is 13.9. The lowest BCUT2D eigenvalue weighted by Crippen LogP contribution is -2.29. The van der Waals surface area contributed by atoms with Gasteiger partial charge in [0.05, 0.1) is 30.9 Å². The highest BCUT2D eigenvalue weighted by molar-refractivity contribution is 8.14. The average Bonchev–Trinajstić information content (AvgIpc) is 2.87. The summed E-state index contributed by atoms with van der Waals surface area (Å²) >= 11 is 2.11. The van der Waals surface area contributed by atoms with Gasteiger partial charge in [0, 0.05) is 17.1 Å². The van der Waals surface area contributed by atoms with E-state index in [-0.39, 0.29) is 0 Å². The molecule has 0 radical (unpaired) electrons. The Morgan fingerprint density at radius 3 is 1.62 bits per heavy atom. The van der Waals surface area contributed by atoms with Crippen molar-refractivity contribution in [2.45, 2.75) is 50.9 Å². The van der Waals surface area contributed by atoms with Gasteiger partial charge in [-0.15, -0.1) is 0 Å². The maximum atomic E-state index is 12.4. The second-order valence-corrected chi connectivity index (χ2v) is 12.2. The first kappa shape index (κ1) is 32.2. The third-order valence-corrected chi connectivity index (χ3v) is 7.17. The molecule has 0 amide bonds. The molecule has 0 bridgehead atoms. The zero-order valence-corrected chi connectivity index (χ0v) is 24.6. The summed E-state index contributed by atoms with van der Waals surface area (Å²) in [4.78, 5) is 47.6. The molecule has 0 N–H and O–H groups in total. The van der Waals surface area contributed by atoms with Crippen molar-refractivity contribution in [3.8, 4) is 11.5 Å². The SMILES string of the molecule is COC(=O)c1ccc(OC(=O)SCCC(C)(C)OCCC(C)(C)SC(=O)Oc2ccc(C(=O)OC)cc2)cc1. The van der Waals surface area contributed by atoms with Crippen LogP contribution < -0.4 is 9.47 Å². The molecule has 2 aromatic rings. The van der Waals surface area contributed by atoms with Crippen LogP contribution in [0.2, 0.25) is 0 Å². The number of ether oxygens (including phenoxy) is 5. The zero-order chi connectivity index (χ0) is 29.1. The van der Waals surface area contributed by atoms with Crippen LogP contribution in [0.15, 0.2) is 48.5 Å². The molecule has 0 fully saturated rings. The minimum atomic E-state index is -0.488. The number of carbonyl (C=O) groups is 4. The van der Waals surface area contributed by atoms with E-state index in [1.807, 2.05) is 27.7 Å². The summed E-state index contributed by atoms with van der Waals surface area (Å²) in [6, 6.07) is 12.3. The van der Waals surface area contributed by atoms with Crippen molar-refractivity contribution in [3.63, 3.8) is 0 Å². The standard InChI is InChI=1S/C28H34O9S2/c1-27(2,16-18-38-25(31)36-21-11-7-19(8-12-21)23(29)33-5)35-17-15-28(3,4)39-26(32)37-22-13-9-20(10-14-22)24(30)34-6/h7-14H,15-18H2,1-6H3. The number of thioether (sulfide) groups is 2. The summed E-state index contributed by atoms with van der Waals surface area (Å²) in [6.07, 6.45) is 1.19. The smallest absolute Gasteiger partial charge is 0.373 e. The van der Waals surface area contributed by atoms with Crippen LogP contribution in [0.1, 0.15) is 61.3 Å². The van der Waals surface area contributed by atoms with Crippen molar-refractivity contribution < 1.29 is 42.9 Å². The van der Waals surface area contributed by atoms with Crippen LogP contribution >= 0.6 is 23.5 Å². The number of esters is 2. The molecule has 0 atom stereocenters. The van der Waals surface area contributed by atoms with E-state index in [4.69, 9.17) is 14.2 Å². The van der Waals surface area contributed by atoms with Crippen LogP contribution in [-0.4, -0.2) is 59.5 Å². The number of hydrogen-bond donors (Lipinski definition) is 0. The minimum Gasteiger partial charge on any atom is -0.465 e. The van der Waals surface area contributed by atoms with Gasteiger partial charge in [-0.3, -0.25) is 0 Å². The normalized spacial score (nSPS) is 11.4. The monoisotopic (exact) mass is 578 g/mol. The van der Waals surface area contributed by atoms with Crippen LogP contribution in [0, 0.1) is 0 Å². The van der Waals surface area contributed by atoms with Crippen LogP contribution in [0.25, 0.3) is 0 Å². The fourth-order valence-electron chi connectivity index (χ4n) is 3.10. The molecule has 0 aliphatic carbocycles. The van der Waals surface area contributed by atoms with Gasteiger partial charge in [0.25, 0.3) is 0 Å². The fourth-order valence-corrected chi connectivity index (χ4v) is 4.79. The van der Waals surface area contributed by atoms with E-state index in [1.165, 1.54) is 62.8 Å². The van der Waals surface area contributed by atoms with Gasteiger partial charge in [-0.05, 0) is 98.7 Å². The Kier molecular flexibility index (Phi) is 12.3. The molecule has 0 saturated carbocycles. The lowest BCUT2D eigenvalue weighted by molar-refractivity contribution is -0.0221. The van der Waals surface area contributed by atoms with E-state index < -0.39 is 32.9 Å². The predicted octanol–water partition coefficient (Wildman–Crippen LogP) is 6.78. The van der Waals surface area contributed by atoms with Crippen molar-refractivity contribution in [2.75, 3.05) is 26.6 Å². The Morgan fingerprint density at radius 2 is 1.15 bits per heavy atom. The third kappa shape index (κ3) is 11.7. The molecule has 11 heteroatoms. The van der Waals surface area contributed by atoms with Crippen molar-refractivity contribution in [3.05, 3.63) is 59.7 Å². The molecule has 0 aliphatic rings. The molecular weight excluding hydrogens is 544 g/mol. The second-order valence-electron chi connectivity index (χ2n) is 9.55. The summed E-state index contributed by atoms with van der Waals surface area (Å²) in [7, 11) is 2.60. The van der Waals surface area contributed by atoms with Gasteiger partial charge in [0.2, 0.25) is 0 Å².